The SMILES string of the molecule is O=C1C[C@H](N2Cc3[nH]c4ccccc4c3[C@@H](c3ccccc3)C2)C(=O)N1c1ccc2c(c1)OCO2. The Morgan fingerprint density at radius 2 is 1.69 bits per heavy atom. The van der Waals surface area contributed by atoms with Crippen molar-refractivity contribution in [2.45, 2.75) is 24.9 Å². The van der Waals surface area contributed by atoms with Gasteiger partial charge in [-0.25, -0.2) is 4.90 Å². The maximum absolute atomic E-state index is 13.6. The van der Waals surface area contributed by atoms with Gasteiger partial charge in [-0.1, -0.05) is 48.5 Å². The molecule has 1 N–H and O–H groups in total. The first kappa shape index (κ1) is 20.3. The van der Waals surface area contributed by atoms with Crippen LogP contribution < -0.4 is 14.4 Å². The lowest BCUT2D eigenvalue weighted by molar-refractivity contribution is -0.123. The Hall–Kier alpha value is -4.10. The molecule has 1 aromatic heterocycles. The Morgan fingerprint density at radius 3 is 2.57 bits per heavy atom. The molecule has 1 fully saturated rings. The molecule has 3 aromatic carbocycles. The van der Waals surface area contributed by atoms with Gasteiger partial charge in [-0.2, -0.15) is 0 Å². The van der Waals surface area contributed by atoms with E-state index in [9.17, 15) is 9.59 Å². The van der Waals surface area contributed by atoms with Crippen molar-refractivity contribution in [3.8, 4) is 11.5 Å². The number of fused-ring (bicyclic) bond motifs is 4. The first-order chi connectivity index (χ1) is 17.2. The van der Waals surface area contributed by atoms with Crippen molar-refractivity contribution in [1.82, 2.24) is 9.88 Å². The first-order valence-electron chi connectivity index (χ1n) is 11.8. The predicted molar refractivity (Wildman–Crippen MR) is 130 cm³/mol. The molecule has 0 aliphatic carbocycles. The van der Waals surface area contributed by atoms with E-state index in [1.165, 1.54) is 21.4 Å². The van der Waals surface area contributed by atoms with Crippen LogP contribution in [-0.2, 0) is 16.1 Å². The predicted octanol–water partition coefficient (Wildman–Crippen LogP) is 4.18. The molecule has 35 heavy (non-hydrogen) atoms. The molecule has 2 atom stereocenters. The van der Waals surface area contributed by atoms with Crippen LogP contribution in [0.4, 0.5) is 5.69 Å². The molecule has 1 saturated heterocycles. The van der Waals surface area contributed by atoms with Gasteiger partial charge in [-0.3, -0.25) is 14.5 Å². The van der Waals surface area contributed by atoms with Crippen molar-refractivity contribution >= 4 is 28.4 Å². The molecule has 0 bridgehead atoms. The second kappa shape index (κ2) is 7.71. The number of anilines is 1. The largest absolute Gasteiger partial charge is 0.454 e. The molecule has 4 aromatic rings. The quantitative estimate of drug-likeness (QED) is 0.460. The van der Waals surface area contributed by atoms with Gasteiger partial charge in [0.05, 0.1) is 18.2 Å². The molecule has 7 nitrogen and oxygen atoms in total. The summed E-state index contributed by atoms with van der Waals surface area (Å²) in [5, 5.41) is 1.21. The Balaban J connectivity index is 1.25. The molecule has 4 heterocycles. The number of ether oxygens (including phenoxy) is 2. The number of aromatic nitrogens is 1. The maximum Gasteiger partial charge on any atom is 0.251 e. The third-order valence-electron chi connectivity index (χ3n) is 7.33. The van der Waals surface area contributed by atoms with Crippen LogP contribution in [0, 0.1) is 0 Å². The summed E-state index contributed by atoms with van der Waals surface area (Å²) in [5.41, 5.74) is 5.21. The van der Waals surface area contributed by atoms with E-state index in [2.05, 4.69) is 52.3 Å². The number of carbonyl (C=O) groups excluding carboxylic acids is 2. The van der Waals surface area contributed by atoms with Crippen LogP contribution in [0.25, 0.3) is 10.9 Å². The van der Waals surface area contributed by atoms with Crippen molar-refractivity contribution in [3.05, 3.63) is 89.6 Å². The molecule has 2 amide bonds. The van der Waals surface area contributed by atoms with E-state index in [1.807, 2.05) is 12.1 Å². The topological polar surface area (TPSA) is 74.9 Å². The number of para-hydroxylation sites is 1. The second-order valence-electron chi connectivity index (χ2n) is 9.28. The summed E-state index contributed by atoms with van der Waals surface area (Å²) in [6.07, 6.45) is 0.157. The summed E-state index contributed by atoms with van der Waals surface area (Å²) >= 11 is 0. The zero-order valence-corrected chi connectivity index (χ0v) is 18.9. The number of carbonyl (C=O) groups is 2. The summed E-state index contributed by atoms with van der Waals surface area (Å²) in [6, 6.07) is 23.4. The number of hydrogen-bond donors (Lipinski definition) is 1. The fourth-order valence-electron chi connectivity index (χ4n) is 5.73. The standard InChI is InChI=1S/C28H23N3O4/c32-26-13-23(28(33)31(26)18-10-11-24-25(12-18)35-16-34-24)30-14-20(17-6-2-1-3-7-17)27-19-8-4-5-9-21(19)29-22(27)15-30/h1-12,20,23,29H,13-16H2/t20-,23+/m1/s1. The number of H-pyrrole nitrogens is 1. The van der Waals surface area contributed by atoms with E-state index < -0.39 is 6.04 Å². The van der Waals surface area contributed by atoms with Gasteiger partial charge in [-0.05, 0) is 29.3 Å². The van der Waals surface area contributed by atoms with E-state index in [-0.39, 0.29) is 30.9 Å². The highest BCUT2D eigenvalue weighted by Crippen LogP contribution is 2.41. The number of nitrogens with zero attached hydrogens (tertiary/aromatic N) is 2. The summed E-state index contributed by atoms with van der Waals surface area (Å²) < 4.78 is 10.8. The Kier molecular flexibility index (Phi) is 4.47. The summed E-state index contributed by atoms with van der Waals surface area (Å²) in [4.78, 5) is 33.7. The fourth-order valence-corrected chi connectivity index (χ4v) is 5.73. The first-order valence-corrected chi connectivity index (χ1v) is 11.8. The molecular formula is C28H23N3O4. The molecule has 0 spiro atoms. The number of imide groups is 1. The summed E-state index contributed by atoms with van der Waals surface area (Å²) in [6.45, 7) is 1.40. The number of hydrogen-bond acceptors (Lipinski definition) is 5. The molecule has 0 unspecified atom stereocenters. The highest BCUT2D eigenvalue weighted by molar-refractivity contribution is 6.22. The number of nitrogens with one attached hydrogen (secondary N) is 1. The van der Waals surface area contributed by atoms with Crippen LogP contribution in [0.15, 0.2) is 72.8 Å². The minimum absolute atomic E-state index is 0.0959. The smallest absolute Gasteiger partial charge is 0.251 e. The van der Waals surface area contributed by atoms with Crippen molar-refractivity contribution < 1.29 is 19.1 Å². The molecule has 3 aliphatic rings. The number of benzene rings is 3. The Bertz CT molecular complexity index is 1480. The Morgan fingerprint density at radius 1 is 0.886 bits per heavy atom. The molecule has 0 radical (unpaired) electrons. The lowest BCUT2D eigenvalue weighted by Gasteiger charge is -2.36. The van der Waals surface area contributed by atoms with E-state index in [1.54, 1.807) is 18.2 Å². The zero-order chi connectivity index (χ0) is 23.5. The van der Waals surface area contributed by atoms with E-state index in [0.29, 0.717) is 30.3 Å². The number of aromatic amines is 1. The highest BCUT2D eigenvalue weighted by Gasteiger charge is 2.45. The van der Waals surface area contributed by atoms with Gasteiger partial charge >= 0.3 is 0 Å². The minimum Gasteiger partial charge on any atom is -0.454 e. The average molecular weight is 466 g/mol. The van der Waals surface area contributed by atoms with Gasteiger partial charge in [0.25, 0.3) is 5.91 Å². The molecule has 7 rings (SSSR count). The molecule has 0 saturated carbocycles. The van der Waals surface area contributed by atoms with Crippen molar-refractivity contribution in [3.63, 3.8) is 0 Å². The lowest BCUT2D eigenvalue weighted by Crippen LogP contribution is -2.45. The van der Waals surface area contributed by atoms with Crippen LogP contribution in [0.3, 0.4) is 0 Å². The fraction of sp³-hybridized carbons (Fsp3) is 0.214. The maximum atomic E-state index is 13.6. The molecule has 174 valence electrons. The highest BCUT2D eigenvalue weighted by atomic mass is 16.7. The van der Waals surface area contributed by atoms with Gasteiger partial charge in [0, 0.05) is 41.7 Å². The molecule has 7 heteroatoms. The van der Waals surface area contributed by atoms with Crippen molar-refractivity contribution in [2.24, 2.45) is 0 Å². The lowest BCUT2D eigenvalue weighted by atomic mass is 9.85. The van der Waals surface area contributed by atoms with Gasteiger partial charge in [-0.15, -0.1) is 0 Å². The van der Waals surface area contributed by atoms with Gasteiger partial charge in [0.15, 0.2) is 11.5 Å². The van der Waals surface area contributed by atoms with Crippen LogP contribution in [0.2, 0.25) is 0 Å². The zero-order valence-electron chi connectivity index (χ0n) is 18.9. The normalized spacial score (nSPS) is 21.7. The summed E-state index contributed by atoms with van der Waals surface area (Å²) in [7, 11) is 0. The van der Waals surface area contributed by atoms with Crippen LogP contribution in [0.5, 0.6) is 11.5 Å². The van der Waals surface area contributed by atoms with Crippen LogP contribution in [0.1, 0.15) is 29.2 Å². The third-order valence-corrected chi connectivity index (χ3v) is 7.33. The van der Waals surface area contributed by atoms with Gasteiger partial charge < -0.3 is 14.5 Å². The molecular weight excluding hydrogens is 442 g/mol. The Labute approximate surface area is 201 Å². The van der Waals surface area contributed by atoms with Gasteiger partial charge in [0.2, 0.25) is 12.7 Å². The van der Waals surface area contributed by atoms with Crippen LogP contribution >= 0.6 is 0 Å². The van der Waals surface area contributed by atoms with Gasteiger partial charge in [0.1, 0.15) is 0 Å². The van der Waals surface area contributed by atoms with Crippen molar-refractivity contribution in [2.75, 3.05) is 18.2 Å². The van der Waals surface area contributed by atoms with Crippen LogP contribution in [-0.4, -0.2) is 41.1 Å². The van der Waals surface area contributed by atoms with E-state index in [4.69, 9.17) is 9.47 Å². The average Bonchev–Trinajstić information content (AvgIpc) is 3.58. The second-order valence-corrected chi connectivity index (χ2v) is 9.28. The number of rotatable bonds is 3. The third kappa shape index (κ3) is 3.15. The van der Waals surface area contributed by atoms with E-state index >= 15 is 0 Å². The monoisotopic (exact) mass is 465 g/mol. The number of amides is 2. The van der Waals surface area contributed by atoms with E-state index in [0.717, 1.165) is 11.2 Å². The minimum atomic E-state index is -0.515. The molecule has 3 aliphatic heterocycles. The summed E-state index contributed by atoms with van der Waals surface area (Å²) in [5.74, 6) is 0.880. The van der Waals surface area contributed by atoms with Crippen molar-refractivity contribution in [1.29, 1.82) is 0 Å².